The Bertz CT molecular complexity index is 550. The number of esters is 2. The van der Waals surface area contributed by atoms with Crippen LogP contribution < -0.4 is 0 Å². The smallest absolute Gasteiger partial charge is 0.323 e. The van der Waals surface area contributed by atoms with Gasteiger partial charge in [-0.15, -0.1) is 0 Å². The highest BCUT2D eigenvalue weighted by atomic mass is 35.5. The average Bonchev–Trinajstić information content (AvgIpc) is 2.65. The SMILES string of the molecule is CCCCCCCOC(=O)C(CC)(CC)C(=O)OCc1ccc(Cl)cc1. The zero-order valence-electron chi connectivity index (χ0n) is 16.2. The molecule has 1 rings (SSSR count). The van der Waals surface area contributed by atoms with Crippen LogP contribution in [-0.2, 0) is 25.7 Å². The van der Waals surface area contributed by atoms with E-state index in [1.807, 2.05) is 13.8 Å². The van der Waals surface area contributed by atoms with E-state index in [1.54, 1.807) is 24.3 Å². The molecule has 0 saturated heterocycles. The second kappa shape index (κ2) is 11.9. The molecule has 0 heterocycles. The van der Waals surface area contributed by atoms with Crippen LogP contribution in [-0.4, -0.2) is 18.5 Å². The summed E-state index contributed by atoms with van der Waals surface area (Å²) in [5, 5.41) is 0.624. The normalized spacial score (nSPS) is 11.2. The first kappa shape index (κ1) is 22.5. The van der Waals surface area contributed by atoms with Gasteiger partial charge >= 0.3 is 11.9 Å². The summed E-state index contributed by atoms with van der Waals surface area (Å²) in [7, 11) is 0. The summed E-state index contributed by atoms with van der Waals surface area (Å²) in [5.41, 5.74) is -0.399. The molecule has 0 radical (unpaired) electrons. The Labute approximate surface area is 162 Å². The Morgan fingerprint density at radius 3 is 2.04 bits per heavy atom. The summed E-state index contributed by atoms with van der Waals surface area (Å²) < 4.78 is 10.8. The molecular formula is C21H31ClO4. The number of carbonyl (C=O) groups is 2. The summed E-state index contributed by atoms with van der Waals surface area (Å²) in [6.45, 7) is 6.26. The lowest BCUT2D eigenvalue weighted by molar-refractivity contribution is -0.174. The first-order valence-corrected chi connectivity index (χ1v) is 9.96. The van der Waals surface area contributed by atoms with Crippen molar-refractivity contribution >= 4 is 23.5 Å². The highest BCUT2D eigenvalue weighted by Crippen LogP contribution is 2.30. The number of unbranched alkanes of at least 4 members (excludes halogenated alkanes) is 4. The molecule has 0 unspecified atom stereocenters. The summed E-state index contributed by atoms with van der Waals surface area (Å²) in [4.78, 5) is 25.2. The van der Waals surface area contributed by atoms with Gasteiger partial charge in [0, 0.05) is 5.02 Å². The lowest BCUT2D eigenvalue weighted by Gasteiger charge is -2.27. The van der Waals surface area contributed by atoms with E-state index in [-0.39, 0.29) is 6.61 Å². The molecule has 0 aliphatic rings. The molecule has 0 saturated carbocycles. The molecule has 1 aromatic rings. The molecule has 26 heavy (non-hydrogen) atoms. The molecular weight excluding hydrogens is 352 g/mol. The van der Waals surface area contributed by atoms with E-state index in [1.165, 1.54) is 12.8 Å². The minimum atomic E-state index is -1.23. The van der Waals surface area contributed by atoms with Gasteiger partial charge in [0.1, 0.15) is 6.61 Å². The van der Waals surface area contributed by atoms with E-state index in [4.69, 9.17) is 21.1 Å². The lowest BCUT2D eigenvalue weighted by Crippen LogP contribution is -2.41. The van der Waals surface area contributed by atoms with Gasteiger partial charge in [0.25, 0.3) is 0 Å². The average molecular weight is 383 g/mol. The predicted molar refractivity (Wildman–Crippen MR) is 104 cm³/mol. The Morgan fingerprint density at radius 2 is 1.46 bits per heavy atom. The topological polar surface area (TPSA) is 52.6 Å². The van der Waals surface area contributed by atoms with E-state index < -0.39 is 17.4 Å². The van der Waals surface area contributed by atoms with Crippen molar-refractivity contribution in [3.63, 3.8) is 0 Å². The third kappa shape index (κ3) is 6.64. The third-order valence-corrected chi connectivity index (χ3v) is 5.00. The molecule has 0 aromatic heterocycles. The van der Waals surface area contributed by atoms with E-state index >= 15 is 0 Å². The van der Waals surface area contributed by atoms with Gasteiger partial charge in [-0.25, -0.2) is 0 Å². The second-order valence-electron chi connectivity index (χ2n) is 6.54. The summed E-state index contributed by atoms with van der Waals surface area (Å²) in [6.07, 6.45) is 6.09. The molecule has 4 nitrogen and oxygen atoms in total. The predicted octanol–water partition coefficient (Wildman–Crippen LogP) is 5.70. The van der Waals surface area contributed by atoms with E-state index in [2.05, 4.69) is 6.92 Å². The monoisotopic (exact) mass is 382 g/mol. The van der Waals surface area contributed by atoms with Gasteiger partial charge in [-0.05, 0) is 37.0 Å². The van der Waals surface area contributed by atoms with Gasteiger partial charge in [-0.1, -0.05) is 70.2 Å². The lowest BCUT2D eigenvalue weighted by atomic mass is 9.82. The molecule has 1 aromatic carbocycles. The molecule has 5 heteroatoms. The number of ether oxygens (including phenoxy) is 2. The number of benzene rings is 1. The summed E-state index contributed by atoms with van der Waals surface area (Å²) in [6, 6.07) is 7.07. The highest BCUT2D eigenvalue weighted by Gasteiger charge is 2.45. The molecule has 0 aliphatic carbocycles. The van der Waals surface area contributed by atoms with Crippen molar-refractivity contribution in [1.29, 1.82) is 0 Å². The number of rotatable bonds is 12. The largest absolute Gasteiger partial charge is 0.465 e. The van der Waals surface area contributed by atoms with Crippen LogP contribution in [0, 0.1) is 5.41 Å². The Hall–Kier alpha value is -1.55. The Morgan fingerprint density at radius 1 is 0.885 bits per heavy atom. The Kier molecular flexibility index (Phi) is 10.3. The van der Waals surface area contributed by atoms with Crippen LogP contribution in [0.4, 0.5) is 0 Å². The standard InChI is InChI=1S/C21H31ClO4/c1-4-7-8-9-10-15-25-19(23)21(5-2,6-3)20(24)26-16-17-11-13-18(22)14-12-17/h11-14H,4-10,15-16H2,1-3H3. The molecule has 0 fully saturated rings. The molecule has 0 bridgehead atoms. The van der Waals surface area contributed by atoms with Crippen LogP contribution in [0.5, 0.6) is 0 Å². The van der Waals surface area contributed by atoms with Crippen LogP contribution >= 0.6 is 11.6 Å². The first-order valence-electron chi connectivity index (χ1n) is 9.59. The van der Waals surface area contributed by atoms with Crippen molar-refractivity contribution in [2.45, 2.75) is 72.3 Å². The molecule has 146 valence electrons. The van der Waals surface area contributed by atoms with Crippen molar-refractivity contribution in [3.8, 4) is 0 Å². The van der Waals surface area contributed by atoms with Crippen molar-refractivity contribution in [1.82, 2.24) is 0 Å². The second-order valence-corrected chi connectivity index (χ2v) is 6.98. The molecule has 0 N–H and O–H groups in total. The van der Waals surface area contributed by atoms with Crippen LogP contribution in [0.3, 0.4) is 0 Å². The molecule has 0 amide bonds. The minimum absolute atomic E-state index is 0.113. The van der Waals surface area contributed by atoms with E-state index in [0.29, 0.717) is 24.5 Å². The van der Waals surface area contributed by atoms with E-state index in [9.17, 15) is 9.59 Å². The van der Waals surface area contributed by atoms with Gasteiger partial charge in [0.2, 0.25) is 0 Å². The van der Waals surface area contributed by atoms with Gasteiger partial charge in [0.15, 0.2) is 5.41 Å². The van der Waals surface area contributed by atoms with Gasteiger partial charge in [-0.3, -0.25) is 9.59 Å². The van der Waals surface area contributed by atoms with Crippen molar-refractivity contribution in [3.05, 3.63) is 34.9 Å². The fraction of sp³-hybridized carbons (Fsp3) is 0.619. The Balaban J connectivity index is 2.57. The zero-order valence-corrected chi connectivity index (χ0v) is 16.9. The van der Waals surface area contributed by atoms with E-state index in [0.717, 1.165) is 24.8 Å². The van der Waals surface area contributed by atoms with Gasteiger partial charge in [0.05, 0.1) is 6.61 Å². The third-order valence-electron chi connectivity index (χ3n) is 4.75. The van der Waals surface area contributed by atoms with Crippen molar-refractivity contribution < 1.29 is 19.1 Å². The van der Waals surface area contributed by atoms with Crippen molar-refractivity contribution in [2.24, 2.45) is 5.41 Å². The van der Waals surface area contributed by atoms with Gasteiger partial charge < -0.3 is 9.47 Å². The van der Waals surface area contributed by atoms with Crippen LogP contribution in [0.25, 0.3) is 0 Å². The maximum Gasteiger partial charge on any atom is 0.323 e. The maximum atomic E-state index is 12.6. The number of hydrogen-bond donors (Lipinski definition) is 0. The number of hydrogen-bond acceptors (Lipinski definition) is 4. The first-order chi connectivity index (χ1) is 12.5. The minimum Gasteiger partial charge on any atom is -0.465 e. The molecule has 0 spiro atoms. The zero-order chi connectivity index (χ0) is 19.4. The van der Waals surface area contributed by atoms with Gasteiger partial charge in [-0.2, -0.15) is 0 Å². The van der Waals surface area contributed by atoms with Crippen LogP contribution in [0.1, 0.15) is 71.3 Å². The number of carbonyl (C=O) groups excluding carboxylic acids is 2. The molecule has 0 atom stereocenters. The van der Waals surface area contributed by atoms with Crippen LogP contribution in [0.2, 0.25) is 5.02 Å². The maximum absolute atomic E-state index is 12.6. The summed E-state index contributed by atoms with van der Waals surface area (Å²) >= 11 is 5.85. The molecule has 0 aliphatic heterocycles. The fourth-order valence-electron chi connectivity index (χ4n) is 2.79. The number of halogens is 1. The quantitative estimate of drug-likeness (QED) is 0.264. The fourth-order valence-corrected chi connectivity index (χ4v) is 2.91. The van der Waals surface area contributed by atoms with Crippen LogP contribution in [0.15, 0.2) is 24.3 Å². The van der Waals surface area contributed by atoms with Crippen molar-refractivity contribution in [2.75, 3.05) is 6.61 Å². The summed E-state index contributed by atoms with van der Waals surface area (Å²) in [5.74, 6) is -0.993. The highest BCUT2D eigenvalue weighted by molar-refractivity contribution is 6.30.